The molecule has 2 rings (SSSR count). The Balaban J connectivity index is 2.52. The second kappa shape index (κ2) is 4.17. The number of nitrogens with two attached hydrogens (primary N) is 1. The van der Waals surface area contributed by atoms with Crippen LogP contribution in [0, 0.1) is 0 Å². The van der Waals surface area contributed by atoms with Crippen LogP contribution in [0.15, 0.2) is 24.3 Å². The molecule has 0 spiro atoms. The minimum absolute atomic E-state index is 0.00150. The highest BCUT2D eigenvalue weighted by atomic mass is 19.4. The number of aromatic amines is 1. The van der Waals surface area contributed by atoms with Gasteiger partial charge in [-0.05, 0) is 6.07 Å². The maximum absolute atomic E-state index is 12.7. The predicted octanol–water partition coefficient (Wildman–Crippen LogP) is 1.95. The molecule has 17 heavy (non-hydrogen) atoms. The molecule has 0 fully saturated rings. The van der Waals surface area contributed by atoms with Gasteiger partial charge in [-0.25, -0.2) is 4.98 Å². The number of halogens is 3. The number of benzene rings is 1. The Bertz CT molecular complexity index is 518. The van der Waals surface area contributed by atoms with Crippen LogP contribution < -0.4 is 5.73 Å². The van der Waals surface area contributed by atoms with E-state index in [1.807, 2.05) is 0 Å². The number of alkyl halides is 3. The van der Waals surface area contributed by atoms with E-state index in [0.29, 0.717) is 5.82 Å². The van der Waals surface area contributed by atoms with Gasteiger partial charge >= 0.3 is 6.18 Å². The van der Waals surface area contributed by atoms with Crippen molar-refractivity contribution in [2.75, 3.05) is 0 Å². The highest BCUT2D eigenvalue weighted by Gasteiger charge is 2.34. The van der Waals surface area contributed by atoms with Gasteiger partial charge in [-0.3, -0.25) is 5.10 Å². The fraction of sp³-hybridized carbons (Fsp3) is 0.200. The minimum atomic E-state index is -4.43. The van der Waals surface area contributed by atoms with E-state index in [0.717, 1.165) is 6.07 Å². The third-order valence-corrected chi connectivity index (χ3v) is 2.20. The SMILES string of the molecule is NCc1nc(-c2ccccc2C(F)(F)F)n[nH]1. The number of hydrogen-bond donors (Lipinski definition) is 2. The Morgan fingerprint density at radius 2 is 1.94 bits per heavy atom. The van der Waals surface area contributed by atoms with E-state index in [-0.39, 0.29) is 17.9 Å². The zero-order valence-corrected chi connectivity index (χ0v) is 8.62. The summed E-state index contributed by atoms with van der Waals surface area (Å²) in [5.74, 6) is 0.343. The van der Waals surface area contributed by atoms with Gasteiger partial charge in [0.25, 0.3) is 0 Å². The summed E-state index contributed by atoms with van der Waals surface area (Å²) < 4.78 is 38.2. The summed E-state index contributed by atoms with van der Waals surface area (Å²) >= 11 is 0. The molecule has 0 atom stereocenters. The fourth-order valence-corrected chi connectivity index (χ4v) is 1.43. The third-order valence-electron chi connectivity index (χ3n) is 2.20. The number of nitrogens with one attached hydrogen (secondary N) is 1. The zero-order valence-electron chi connectivity index (χ0n) is 8.62. The monoisotopic (exact) mass is 242 g/mol. The Morgan fingerprint density at radius 3 is 2.53 bits per heavy atom. The molecule has 90 valence electrons. The smallest absolute Gasteiger partial charge is 0.324 e. The van der Waals surface area contributed by atoms with Gasteiger partial charge in [-0.2, -0.15) is 18.3 Å². The topological polar surface area (TPSA) is 67.6 Å². The van der Waals surface area contributed by atoms with E-state index in [4.69, 9.17) is 5.73 Å². The molecule has 0 amide bonds. The molecule has 7 heteroatoms. The molecule has 2 aromatic rings. The van der Waals surface area contributed by atoms with E-state index >= 15 is 0 Å². The molecule has 1 aromatic carbocycles. The van der Waals surface area contributed by atoms with Crippen molar-refractivity contribution in [1.29, 1.82) is 0 Å². The van der Waals surface area contributed by atoms with Gasteiger partial charge in [0.1, 0.15) is 5.82 Å². The van der Waals surface area contributed by atoms with Gasteiger partial charge in [-0.15, -0.1) is 0 Å². The van der Waals surface area contributed by atoms with Gasteiger partial charge in [0.05, 0.1) is 12.1 Å². The van der Waals surface area contributed by atoms with Gasteiger partial charge < -0.3 is 5.73 Å². The molecule has 0 saturated heterocycles. The van der Waals surface area contributed by atoms with Crippen LogP contribution in [0.25, 0.3) is 11.4 Å². The Morgan fingerprint density at radius 1 is 1.24 bits per heavy atom. The molecule has 1 aromatic heterocycles. The van der Waals surface area contributed by atoms with Crippen molar-refractivity contribution in [2.45, 2.75) is 12.7 Å². The molecular formula is C10H9F3N4. The lowest BCUT2D eigenvalue weighted by molar-refractivity contribution is -0.137. The first-order chi connectivity index (χ1) is 8.02. The largest absolute Gasteiger partial charge is 0.417 e. The average Bonchev–Trinajstić information content (AvgIpc) is 2.76. The van der Waals surface area contributed by atoms with E-state index < -0.39 is 11.7 Å². The molecular weight excluding hydrogens is 233 g/mol. The molecule has 0 aliphatic heterocycles. The molecule has 0 aliphatic rings. The van der Waals surface area contributed by atoms with Crippen molar-refractivity contribution >= 4 is 0 Å². The van der Waals surface area contributed by atoms with Crippen molar-refractivity contribution in [2.24, 2.45) is 5.73 Å². The standard InChI is InChI=1S/C10H9F3N4/c11-10(12,13)7-4-2-1-3-6(7)9-15-8(5-14)16-17-9/h1-4H,5,14H2,(H,15,16,17). The van der Waals surface area contributed by atoms with Crippen molar-refractivity contribution < 1.29 is 13.2 Å². The summed E-state index contributed by atoms with van der Waals surface area (Å²) in [5, 5.41) is 6.19. The number of nitrogens with zero attached hydrogens (tertiary/aromatic N) is 2. The van der Waals surface area contributed by atoms with Crippen LogP contribution in [0.4, 0.5) is 13.2 Å². The second-order valence-electron chi connectivity index (χ2n) is 3.35. The summed E-state index contributed by atoms with van der Waals surface area (Å²) in [6, 6.07) is 5.14. The molecule has 0 unspecified atom stereocenters. The van der Waals surface area contributed by atoms with Crippen molar-refractivity contribution in [1.82, 2.24) is 15.2 Å². The lowest BCUT2D eigenvalue weighted by Crippen LogP contribution is -2.07. The quantitative estimate of drug-likeness (QED) is 0.845. The van der Waals surface area contributed by atoms with Crippen LogP contribution in [0.3, 0.4) is 0 Å². The van der Waals surface area contributed by atoms with Crippen LogP contribution in [-0.4, -0.2) is 15.2 Å². The lowest BCUT2D eigenvalue weighted by Gasteiger charge is -2.09. The average molecular weight is 242 g/mol. The first kappa shape index (κ1) is 11.6. The predicted molar refractivity (Wildman–Crippen MR) is 54.7 cm³/mol. The van der Waals surface area contributed by atoms with Crippen LogP contribution >= 0.6 is 0 Å². The Kier molecular flexibility index (Phi) is 2.84. The third kappa shape index (κ3) is 2.28. The van der Waals surface area contributed by atoms with E-state index in [9.17, 15) is 13.2 Å². The van der Waals surface area contributed by atoms with Crippen LogP contribution in [0.5, 0.6) is 0 Å². The van der Waals surface area contributed by atoms with E-state index in [2.05, 4.69) is 15.2 Å². The fourth-order valence-electron chi connectivity index (χ4n) is 1.43. The van der Waals surface area contributed by atoms with Crippen LogP contribution in [0.2, 0.25) is 0 Å². The first-order valence-electron chi connectivity index (χ1n) is 4.80. The number of hydrogen-bond acceptors (Lipinski definition) is 3. The molecule has 1 heterocycles. The summed E-state index contributed by atoms with van der Waals surface area (Å²) in [4.78, 5) is 3.88. The van der Waals surface area contributed by atoms with Crippen LogP contribution in [-0.2, 0) is 12.7 Å². The first-order valence-corrected chi connectivity index (χ1v) is 4.80. The summed E-state index contributed by atoms with van der Waals surface area (Å²) in [6.45, 7) is 0.0984. The number of aromatic nitrogens is 3. The Hall–Kier alpha value is -1.89. The maximum atomic E-state index is 12.7. The highest BCUT2D eigenvalue weighted by molar-refractivity contribution is 5.60. The molecule has 0 aliphatic carbocycles. The Labute approximate surface area is 94.7 Å². The molecule has 4 nitrogen and oxygen atoms in total. The zero-order chi connectivity index (χ0) is 12.5. The molecule has 0 bridgehead atoms. The second-order valence-corrected chi connectivity index (χ2v) is 3.35. The van der Waals surface area contributed by atoms with Crippen molar-refractivity contribution in [3.63, 3.8) is 0 Å². The highest BCUT2D eigenvalue weighted by Crippen LogP contribution is 2.35. The lowest BCUT2D eigenvalue weighted by atomic mass is 10.1. The van der Waals surface area contributed by atoms with Gasteiger partial charge in [0.15, 0.2) is 5.82 Å². The number of H-pyrrole nitrogens is 1. The number of rotatable bonds is 2. The van der Waals surface area contributed by atoms with E-state index in [1.54, 1.807) is 0 Å². The van der Waals surface area contributed by atoms with Gasteiger partial charge in [-0.1, -0.05) is 18.2 Å². The summed E-state index contributed by atoms with van der Waals surface area (Å²) in [6.07, 6.45) is -4.43. The summed E-state index contributed by atoms with van der Waals surface area (Å²) in [5.41, 5.74) is 4.49. The summed E-state index contributed by atoms with van der Waals surface area (Å²) in [7, 11) is 0. The van der Waals surface area contributed by atoms with Crippen molar-refractivity contribution in [3.05, 3.63) is 35.7 Å². The van der Waals surface area contributed by atoms with E-state index in [1.165, 1.54) is 18.2 Å². The van der Waals surface area contributed by atoms with Crippen molar-refractivity contribution in [3.8, 4) is 11.4 Å². The molecule has 0 radical (unpaired) electrons. The van der Waals surface area contributed by atoms with Gasteiger partial charge in [0.2, 0.25) is 0 Å². The normalized spacial score (nSPS) is 11.8. The van der Waals surface area contributed by atoms with Crippen LogP contribution in [0.1, 0.15) is 11.4 Å². The minimum Gasteiger partial charge on any atom is -0.324 e. The molecule has 0 saturated carbocycles. The molecule has 3 N–H and O–H groups in total. The van der Waals surface area contributed by atoms with Gasteiger partial charge in [0, 0.05) is 5.56 Å². The maximum Gasteiger partial charge on any atom is 0.417 e.